The quantitative estimate of drug-likeness (QED) is 0.780. The molecule has 28 heavy (non-hydrogen) atoms. The van der Waals surface area contributed by atoms with Gasteiger partial charge >= 0.3 is 0 Å². The van der Waals surface area contributed by atoms with Gasteiger partial charge in [0, 0.05) is 17.8 Å². The van der Waals surface area contributed by atoms with Gasteiger partial charge in [0.05, 0.1) is 21.3 Å². The molecule has 7 heteroatoms. The van der Waals surface area contributed by atoms with Crippen LogP contribution >= 0.6 is 0 Å². The second kappa shape index (κ2) is 6.99. The first-order chi connectivity index (χ1) is 13.6. The summed E-state index contributed by atoms with van der Waals surface area (Å²) in [4.78, 5) is 11.9. The lowest BCUT2D eigenvalue weighted by Crippen LogP contribution is -2.35. The predicted molar refractivity (Wildman–Crippen MR) is 98.0 cm³/mol. The number of hydrogen-bond acceptors (Lipinski definition) is 7. The Kier molecular flexibility index (Phi) is 4.50. The molecule has 0 saturated heterocycles. The molecule has 7 nitrogen and oxygen atoms in total. The van der Waals surface area contributed by atoms with Crippen LogP contribution < -0.4 is 28.8 Å². The lowest BCUT2D eigenvalue weighted by molar-refractivity contribution is -0.310. The zero-order valence-corrected chi connectivity index (χ0v) is 15.7. The number of rotatable bonds is 5. The number of carboxylic acid groups (broad SMARTS) is 1. The summed E-state index contributed by atoms with van der Waals surface area (Å²) in [5, 5.41) is 11.9. The molecule has 2 aliphatic rings. The van der Waals surface area contributed by atoms with Gasteiger partial charge in [-0.25, -0.2) is 0 Å². The maximum absolute atomic E-state index is 11.9. The molecule has 1 heterocycles. The molecule has 0 N–H and O–H groups in total. The molecule has 4 rings (SSSR count). The first-order valence-electron chi connectivity index (χ1n) is 8.70. The molecule has 0 saturated carbocycles. The largest absolute Gasteiger partial charge is 0.549 e. The van der Waals surface area contributed by atoms with Crippen LogP contribution in [0.5, 0.6) is 28.7 Å². The number of aliphatic carboxylic acids is 1. The number of ether oxygens (including phenoxy) is 5. The third-order valence-corrected chi connectivity index (χ3v) is 5.07. The van der Waals surface area contributed by atoms with Crippen LogP contribution in [-0.4, -0.2) is 34.1 Å². The third-order valence-electron chi connectivity index (χ3n) is 5.07. The van der Waals surface area contributed by atoms with Gasteiger partial charge < -0.3 is 33.6 Å². The average Bonchev–Trinajstić information content (AvgIpc) is 3.17. The van der Waals surface area contributed by atoms with Gasteiger partial charge in [-0.2, -0.15) is 0 Å². The molecule has 2 atom stereocenters. The molecule has 1 aliphatic heterocycles. The smallest absolute Gasteiger partial charge is 0.231 e. The van der Waals surface area contributed by atoms with Gasteiger partial charge in [0.25, 0.3) is 0 Å². The predicted octanol–water partition coefficient (Wildman–Crippen LogP) is 1.97. The first-order valence-corrected chi connectivity index (χ1v) is 8.70. The minimum Gasteiger partial charge on any atom is -0.549 e. The van der Waals surface area contributed by atoms with Crippen molar-refractivity contribution in [2.75, 3.05) is 28.1 Å². The molecule has 0 fully saturated rings. The standard InChI is InChI=1S/C21H20O7/c1-24-17-7-12(8-18(25-2)20(17)26-3)19-13(21(22)23)5-4-11-6-15-16(9-14(11)19)28-10-27-15/h4-9,13,19H,10H2,1-3H3,(H,22,23)/p-1. The minimum absolute atomic E-state index is 0.140. The Hall–Kier alpha value is -3.35. The number of benzene rings is 2. The third kappa shape index (κ3) is 2.79. The number of hydrogen-bond donors (Lipinski definition) is 0. The maximum atomic E-state index is 11.9. The van der Waals surface area contributed by atoms with E-state index >= 15 is 0 Å². The maximum Gasteiger partial charge on any atom is 0.231 e. The van der Waals surface area contributed by atoms with Crippen molar-refractivity contribution < 1.29 is 33.6 Å². The lowest BCUT2D eigenvalue weighted by atomic mass is 9.75. The summed E-state index contributed by atoms with van der Waals surface area (Å²) in [5.74, 6) is 0.0114. The molecular formula is C21H19O7-. The Morgan fingerprint density at radius 1 is 1.00 bits per heavy atom. The monoisotopic (exact) mass is 383 g/mol. The van der Waals surface area contributed by atoms with E-state index in [4.69, 9.17) is 23.7 Å². The highest BCUT2D eigenvalue weighted by molar-refractivity contribution is 5.79. The Morgan fingerprint density at radius 2 is 1.64 bits per heavy atom. The second-order valence-corrected chi connectivity index (χ2v) is 6.47. The van der Waals surface area contributed by atoms with Crippen molar-refractivity contribution in [1.29, 1.82) is 0 Å². The van der Waals surface area contributed by atoms with Crippen LogP contribution in [0.4, 0.5) is 0 Å². The van der Waals surface area contributed by atoms with Crippen LogP contribution in [-0.2, 0) is 4.79 Å². The van der Waals surface area contributed by atoms with E-state index < -0.39 is 17.8 Å². The van der Waals surface area contributed by atoms with Crippen LogP contribution in [0.3, 0.4) is 0 Å². The van der Waals surface area contributed by atoms with E-state index in [1.807, 2.05) is 12.1 Å². The molecule has 2 unspecified atom stereocenters. The highest BCUT2D eigenvalue weighted by Gasteiger charge is 2.32. The number of fused-ring (bicyclic) bond motifs is 2. The van der Waals surface area contributed by atoms with Gasteiger partial charge in [-0.3, -0.25) is 0 Å². The molecule has 0 spiro atoms. The van der Waals surface area contributed by atoms with Crippen molar-refractivity contribution in [1.82, 2.24) is 0 Å². The summed E-state index contributed by atoms with van der Waals surface area (Å²) < 4.78 is 27.2. The zero-order chi connectivity index (χ0) is 19.8. The SMILES string of the molecule is COc1cc(C2c3cc4c(cc3C=CC2C(=O)[O-])OCO4)cc(OC)c1OC. The molecule has 2 aromatic carbocycles. The van der Waals surface area contributed by atoms with E-state index in [1.165, 1.54) is 21.3 Å². The highest BCUT2D eigenvalue weighted by atomic mass is 16.7. The van der Waals surface area contributed by atoms with E-state index in [2.05, 4.69) is 0 Å². The van der Waals surface area contributed by atoms with Gasteiger partial charge in [-0.05, 0) is 41.0 Å². The van der Waals surface area contributed by atoms with Gasteiger partial charge in [0.2, 0.25) is 12.5 Å². The lowest BCUT2D eigenvalue weighted by Gasteiger charge is -2.32. The summed E-state index contributed by atoms with van der Waals surface area (Å²) in [6.45, 7) is 0.140. The number of carboxylic acids is 1. The van der Waals surface area contributed by atoms with Crippen LogP contribution in [0, 0.1) is 5.92 Å². The van der Waals surface area contributed by atoms with E-state index in [-0.39, 0.29) is 6.79 Å². The van der Waals surface area contributed by atoms with Crippen molar-refractivity contribution in [3.05, 3.63) is 47.0 Å². The summed E-state index contributed by atoms with van der Waals surface area (Å²) in [7, 11) is 4.55. The molecule has 0 amide bonds. The first kappa shape index (κ1) is 18.0. The molecule has 146 valence electrons. The number of methoxy groups -OCH3 is 3. The number of carbonyl (C=O) groups is 1. The summed E-state index contributed by atoms with van der Waals surface area (Å²) >= 11 is 0. The van der Waals surface area contributed by atoms with Crippen LogP contribution in [0.1, 0.15) is 22.6 Å². The fourth-order valence-corrected chi connectivity index (χ4v) is 3.78. The van der Waals surface area contributed by atoms with E-state index in [0.717, 1.165) is 11.1 Å². The highest BCUT2D eigenvalue weighted by Crippen LogP contribution is 2.48. The van der Waals surface area contributed by atoms with E-state index in [0.29, 0.717) is 34.3 Å². The Morgan fingerprint density at radius 3 is 2.21 bits per heavy atom. The van der Waals surface area contributed by atoms with Gasteiger partial charge in [0.15, 0.2) is 23.0 Å². The van der Waals surface area contributed by atoms with Crippen molar-refractivity contribution in [2.45, 2.75) is 5.92 Å². The Bertz CT molecular complexity index is 938. The Balaban J connectivity index is 1.92. The average molecular weight is 383 g/mol. The van der Waals surface area contributed by atoms with Crippen molar-refractivity contribution >= 4 is 12.0 Å². The van der Waals surface area contributed by atoms with Gasteiger partial charge in [-0.1, -0.05) is 12.2 Å². The summed E-state index contributed by atoms with van der Waals surface area (Å²) in [6.07, 6.45) is 3.40. The molecular weight excluding hydrogens is 364 g/mol. The number of carbonyl (C=O) groups excluding carboxylic acids is 1. The van der Waals surface area contributed by atoms with Crippen LogP contribution in [0.25, 0.3) is 6.08 Å². The molecule has 0 radical (unpaired) electrons. The minimum atomic E-state index is -1.17. The van der Waals surface area contributed by atoms with Gasteiger partial charge in [-0.15, -0.1) is 0 Å². The Labute approximate surface area is 162 Å². The molecule has 0 aromatic heterocycles. The van der Waals surface area contributed by atoms with Crippen LogP contribution in [0.2, 0.25) is 0 Å². The fourth-order valence-electron chi connectivity index (χ4n) is 3.78. The molecule has 2 aromatic rings. The summed E-state index contributed by atoms with van der Waals surface area (Å²) in [6, 6.07) is 7.20. The van der Waals surface area contributed by atoms with E-state index in [1.54, 1.807) is 24.3 Å². The van der Waals surface area contributed by atoms with E-state index in [9.17, 15) is 9.90 Å². The normalized spacial score (nSPS) is 19.1. The second-order valence-electron chi connectivity index (χ2n) is 6.47. The molecule has 1 aliphatic carbocycles. The summed E-state index contributed by atoms with van der Waals surface area (Å²) in [5.41, 5.74) is 2.36. The fraction of sp³-hybridized carbons (Fsp3) is 0.286. The zero-order valence-electron chi connectivity index (χ0n) is 15.7. The van der Waals surface area contributed by atoms with Crippen molar-refractivity contribution in [3.8, 4) is 28.7 Å². The topological polar surface area (TPSA) is 86.3 Å². The molecule has 0 bridgehead atoms. The van der Waals surface area contributed by atoms with Crippen molar-refractivity contribution in [3.63, 3.8) is 0 Å². The van der Waals surface area contributed by atoms with Gasteiger partial charge in [0.1, 0.15) is 0 Å². The van der Waals surface area contributed by atoms with Crippen LogP contribution in [0.15, 0.2) is 30.3 Å². The van der Waals surface area contributed by atoms with Crippen molar-refractivity contribution in [2.24, 2.45) is 5.92 Å².